The number of nitrogens with zero attached hydrogens (tertiary/aromatic N) is 2. The Morgan fingerprint density at radius 3 is 2.94 bits per heavy atom. The van der Waals surface area contributed by atoms with Crippen molar-refractivity contribution in [1.29, 1.82) is 0 Å². The lowest BCUT2D eigenvalue weighted by molar-refractivity contribution is -0.136. The number of hydrogen-bond acceptors (Lipinski definition) is 4. The Labute approximate surface area is 110 Å². The molecule has 1 aromatic rings. The molecule has 2 amide bonds. The van der Waals surface area contributed by atoms with Crippen LogP contribution in [0.5, 0.6) is 0 Å². The first-order valence-corrected chi connectivity index (χ1v) is 6.91. The fraction of sp³-hybridized carbons (Fsp3) is 0.583. The molecule has 1 aromatic heterocycles. The topological polar surface area (TPSA) is 76.3 Å². The van der Waals surface area contributed by atoms with E-state index < -0.39 is 11.9 Å². The van der Waals surface area contributed by atoms with Gasteiger partial charge in [-0.05, 0) is 13.3 Å². The molecule has 0 spiro atoms. The second-order valence-corrected chi connectivity index (χ2v) is 5.49. The number of amides is 2. The molecule has 2 rings (SSSR count). The number of thiazole rings is 1. The summed E-state index contributed by atoms with van der Waals surface area (Å²) in [4.78, 5) is 29.3. The zero-order valence-corrected chi connectivity index (χ0v) is 11.4. The number of aromatic nitrogens is 1. The Morgan fingerprint density at radius 2 is 2.44 bits per heavy atom. The molecule has 2 N–H and O–H groups in total. The van der Waals surface area contributed by atoms with Crippen LogP contribution in [0.4, 0.5) is 0 Å². The Morgan fingerprint density at radius 1 is 1.72 bits per heavy atom. The van der Waals surface area contributed by atoms with Gasteiger partial charge >= 0.3 is 0 Å². The summed E-state index contributed by atoms with van der Waals surface area (Å²) in [6.07, 6.45) is 0.988. The van der Waals surface area contributed by atoms with Gasteiger partial charge in [0.2, 0.25) is 11.8 Å². The van der Waals surface area contributed by atoms with Crippen molar-refractivity contribution >= 4 is 23.2 Å². The SMILES string of the molecule is CCC(C(N)=O)N1CC(c2nc(C)cs2)CC1=O. The molecular formula is C12H17N3O2S. The molecule has 1 aliphatic heterocycles. The fourth-order valence-corrected chi connectivity index (χ4v) is 3.22. The number of carbonyl (C=O) groups is 2. The molecule has 2 unspecified atom stereocenters. The molecule has 1 fully saturated rings. The lowest BCUT2D eigenvalue weighted by atomic mass is 10.1. The van der Waals surface area contributed by atoms with Crippen molar-refractivity contribution in [2.45, 2.75) is 38.6 Å². The quantitative estimate of drug-likeness (QED) is 0.885. The summed E-state index contributed by atoms with van der Waals surface area (Å²) in [5.41, 5.74) is 6.31. The van der Waals surface area contributed by atoms with Gasteiger partial charge < -0.3 is 10.6 Å². The maximum Gasteiger partial charge on any atom is 0.240 e. The van der Waals surface area contributed by atoms with Crippen LogP contribution in [0.2, 0.25) is 0 Å². The van der Waals surface area contributed by atoms with Gasteiger partial charge in [-0.15, -0.1) is 11.3 Å². The zero-order chi connectivity index (χ0) is 13.3. The standard InChI is InChI=1S/C12H17N3O2S/c1-3-9(11(13)17)15-5-8(4-10(15)16)12-14-7(2)6-18-12/h6,8-9H,3-5H2,1-2H3,(H2,13,17). The molecule has 2 atom stereocenters. The largest absolute Gasteiger partial charge is 0.368 e. The molecule has 0 aliphatic carbocycles. The van der Waals surface area contributed by atoms with E-state index in [9.17, 15) is 9.59 Å². The van der Waals surface area contributed by atoms with Gasteiger partial charge in [-0.2, -0.15) is 0 Å². The minimum absolute atomic E-state index is 0.00139. The number of rotatable bonds is 4. The van der Waals surface area contributed by atoms with Crippen molar-refractivity contribution in [1.82, 2.24) is 9.88 Å². The number of likely N-dealkylation sites (tertiary alicyclic amines) is 1. The normalized spacial score (nSPS) is 21.3. The van der Waals surface area contributed by atoms with E-state index in [1.807, 2.05) is 19.2 Å². The maximum absolute atomic E-state index is 12.0. The lowest BCUT2D eigenvalue weighted by Crippen LogP contribution is -2.45. The fourth-order valence-electron chi connectivity index (χ4n) is 2.33. The molecule has 0 bridgehead atoms. The number of carbonyl (C=O) groups excluding carboxylic acids is 2. The van der Waals surface area contributed by atoms with Crippen LogP contribution in [0.15, 0.2) is 5.38 Å². The van der Waals surface area contributed by atoms with Gasteiger partial charge in [0.1, 0.15) is 6.04 Å². The van der Waals surface area contributed by atoms with E-state index >= 15 is 0 Å². The predicted octanol–water partition coefficient (Wildman–Crippen LogP) is 1.03. The third-order valence-electron chi connectivity index (χ3n) is 3.24. The number of aryl methyl sites for hydroxylation is 1. The molecule has 5 nitrogen and oxygen atoms in total. The van der Waals surface area contributed by atoms with E-state index in [0.29, 0.717) is 19.4 Å². The molecule has 1 aliphatic rings. The van der Waals surface area contributed by atoms with Crippen molar-refractivity contribution in [3.05, 3.63) is 16.1 Å². The van der Waals surface area contributed by atoms with E-state index in [-0.39, 0.29) is 11.8 Å². The van der Waals surface area contributed by atoms with Gasteiger partial charge in [-0.25, -0.2) is 4.98 Å². The third-order valence-corrected chi connectivity index (χ3v) is 4.36. The van der Waals surface area contributed by atoms with Gasteiger partial charge in [0.05, 0.1) is 5.01 Å². The first-order valence-electron chi connectivity index (χ1n) is 6.03. The molecule has 0 aromatic carbocycles. The van der Waals surface area contributed by atoms with Gasteiger partial charge in [0, 0.05) is 30.0 Å². The van der Waals surface area contributed by atoms with Gasteiger partial charge in [-0.3, -0.25) is 9.59 Å². The summed E-state index contributed by atoms with van der Waals surface area (Å²) in [5.74, 6) is -0.329. The summed E-state index contributed by atoms with van der Waals surface area (Å²) in [5, 5.41) is 2.95. The van der Waals surface area contributed by atoms with E-state index in [2.05, 4.69) is 4.98 Å². The highest BCUT2D eigenvalue weighted by Crippen LogP contribution is 2.31. The van der Waals surface area contributed by atoms with Gasteiger partial charge in [0.25, 0.3) is 0 Å². The van der Waals surface area contributed by atoms with E-state index in [1.54, 1.807) is 16.2 Å². The second-order valence-electron chi connectivity index (χ2n) is 4.60. The molecular weight excluding hydrogens is 250 g/mol. The monoisotopic (exact) mass is 267 g/mol. The highest BCUT2D eigenvalue weighted by atomic mass is 32.1. The summed E-state index contributed by atoms with van der Waals surface area (Å²) in [6, 6.07) is -0.483. The summed E-state index contributed by atoms with van der Waals surface area (Å²) in [6.45, 7) is 4.35. The molecule has 2 heterocycles. The maximum atomic E-state index is 12.0. The highest BCUT2D eigenvalue weighted by molar-refractivity contribution is 7.09. The molecule has 0 saturated carbocycles. The Balaban J connectivity index is 2.13. The summed E-state index contributed by atoms with van der Waals surface area (Å²) >= 11 is 1.57. The number of hydrogen-bond donors (Lipinski definition) is 1. The van der Waals surface area contributed by atoms with Crippen LogP contribution >= 0.6 is 11.3 Å². The van der Waals surface area contributed by atoms with Gasteiger partial charge in [0.15, 0.2) is 0 Å². The Kier molecular flexibility index (Phi) is 3.65. The third kappa shape index (κ3) is 2.38. The minimum atomic E-state index is -0.483. The van der Waals surface area contributed by atoms with E-state index in [0.717, 1.165) is 10.7 Å². The predicted molar refractivity (Wildman–Crippen MR) is 69.2 cm³/mol. The minimum Gasteiger partial charge on any atom is -0.368 e. The van der Waals surface area contributed by atoms with Crippen LogP contribution in [0, 0.1) is 6.92 Å². The van der Waals surface area contributed by atoms with Crippen molar-refractivity contribution in [2.75, 3.05) is 6.54 Å². The van der Waals surface area contributed by atoms with Crippen LogP contribution < -0.4 is 5.73 Å². The highest BCUT2D eigenvalue weighted by Gasteiger charge is 2.37. The lowest BCUT2D eigenvalue weighted by Gasteiger charge is -2.24. The van der Waals surface area contributed by atoms with Crippen LogP contribution in [-0.4, -0.2) is 34.3 Å². The van der Waals surface area contributed by atoms with Crippen LogP contribution in [0.3, 0.4) is 0 Å². The Bertz CT molecular complexity index is 472. The first kappa shape index (κ1) is 13.0. The second kappa shape index (κ2) is 5.06. The van der Waals surface area contributed by atoms with Crippen LogP contribution in [-0.2, 0) is 9.59 Å². The first-order chi connectivity index (χ1) is 8.52. The molecule has 98 valence electrons. The zero-order valence-electron chi connectivity index (χ0n) is 10.5. The van der Waals surface area contributed by atoms with Crippen molar-refractivity contribution in [2.24, 2.45) is 5.73 Å². The van der Waals surface area contributed by atoms with Crippen molar-refractivity contribution in [3.63, 3.8) is 0 Å². The van der Waals surface area contributed by atoms with Crippen LogP contribution in [0.1, 0.15) is 36.4 Å². The molecule has 1 saturated heterocycles. The van der Waals surface area contributed by atoms with Crippen LogP contribution in [0.25, 0.3) is 0 Å². The average Bonchev–Trinajstić information content (AvgIpc) is 2.87. The Hall–Kier alpha value is -1.43. The number of primary amides is 1. The molecule has 18 heavy (non-hydrogen) atoms. The van der Waals surface area contributed by atoms with E-state index in [1.165, 1.54) is 0 Å². The van der Waals surface area contributed by atoms with Gasteiger partial charge in [-0.1, -0.05) is 6.92 Å². The van der Waals surface area contributed by atoms with E-state index in [4.69, 9.17) is 5.73 Å². The molecule has 0 radical (unpaired) electrons. The van der Waals surface area contributed by atoms with Crippen molar-refractivity contribution in [3.8, 4) is 0 Å². The number of nitrogens with two attached hydrogens (primary N) is 1. The smallest absolute Gasteiger partial charge is 0.240 e. The summed E-state index contributed by atoms with van der Waals surface area (Å²) < 4.78 is 0. The average molecular weight is 267 g/mol. The van der Waals surface area contributed by atoms with Crippen molar-refractivity contribution < 1.29 is 9.59 Å². The molecule has 6 heteroatoms. The summed E-state index contributed by atoms with van der Waals surface area (Å²) in [7, 11) is 0.